The van der Waals surface area contributed by atoms with Gasteiger partial charge < -0.3 is 4.74 Å². The Morgan fingerprint density at radius 3 is 1.88 bits per heavy atom. The van der Waals surface area contributed by atoms with E-state index in [1.807, 2.05) is 0 Å². The zero-order valence-electron chi connectivity index (χ0n) is 17.4. The van der Waals surface area contributed by atoms with E-state index >= 15 is 0 Å². The molecule has 0 saturated heterocycles. The summed E-state index contributed by atoms with van der Waals surface area (Å²) in [6.45, 7) is -1.60. The van der Waals surface area contributed by atoms with E-state index in [-0.39, 0.29) is 11.3 Å². The average molecular weight is 487 g/mol. The molecular weight excluding hydrogens is 471 g/mol. The quantitative estimate of drug-likeness (QED) is 0.246. The fraction of sp³-hybridized carbons (Fsp3) is 0.227. The molecule has 0 N–H and O–H groups in total. The van der Waals surface area contributed by atoms with Gasteiger partial charge in [-0.1, -0.05) is 30.3 Å². The van der Waals surface area contributed by atoms with Crippen molar-refractivity contribution in [3.8, 4) is 17.0 Å². The second kappa shape index (κ2) is 9.27. The van der Waals surface area contributed by atoms with Gasteiger partial charge in [0.25, 0.3) is 0 Å². The van der Waals surface area contributed by atoms with E-state index in [4.69, 9.17) is 4.74 Å². The van der Waals surface area contributed by atoms with E-state index in [0.29, 0.717) is 11.3 Å². The number of hydrogen-bond donors (Lipinski definition) is 0. The molecule has 0 spiro atoms. The van der Waals surface area contributed by atoms with Crippen molar-refractivity contribution in [2.45, 2.75) is 18.1 Å². The highest BCUT2D eigenvalue weighted by atomic mass is 19.4. The number of alkyl halides is 7. The lowest BCUT2D eigenvalue weighted by molar-refractivity contribution is -0.340. The molecule has 0 saturated carbocycles. The second-order valence-corrected chi connectivity index (χ2v) is 7.00. The van der Waals surface area contributed by atoms with Crippen molar-refractivity contribution in [1.29, 1.82) is 0 Å². The van der Waals surface area contributed by atoms with Crippen LogP contribution in [0.3, 0.4) is 0 Å². The first-order chi connectivity index (χ1) is 15.9. The van der Waals surface area contributed by atoms with Gasteiger partial charge >= 0.3 is 18.1 Å². The van der Waals surface area contributed by atoms with Gasteiger partial charge in [-0.3, -0.25) is 9.69 Å². The van der Waals surface area contributed by atoms with Crippen LogP contribution in [0.25, 0.3) is 11.3 Å². The van der Waals surface area contributed by atoms with E-state index in [1.165, 1.54) is 49.6 Å². The average Bonchev–Trinajstić information content (AvgIpc) is 2.81. The minimum Gasteiger partial charge on any atom is -0.497 e. The lowest BCUT2D eigenvalue weighted by atomic mass is 10.1. The third-order valence-electron chi connectivity index (χ3n) is 4.83. The molecule has 0 aliphatic carbocycles. The Labute approximate surface area is 188 Å². The smallest absolute Gasteiger partial charge is 0.451 e. The van der Waals surface area contributed by atoms with E-state index in [1.54, 1.807) is 12.1 Å². The van der Waals surface area contributed by atoms with Gasteiger partial charge in [-0.25, -0.2) is 0 Å². The fourth-order valence-electron chi connectivity index (χ4n) is 3.06. The van der Waals surface area contributed by atoms with Crippen LogP contribution >= 0.6 is 0 Å². The summed E-state index contributed by atoms with van der Waals surface area (Å²) in [6, 6.07) is 14.5. The number of carbonyl (C=O) groups excluding carboxylic acids is 1. The molecular formula is C22H16F7N3O2. The number of Topliss-reactive ketones (excluding diaryl/α,β-unsaturated/α-hetero) is 1. The summed E-state index contributed by atoms with van der Waals surface area (Å²) in [5.41, 5.74) is 0.302. The number of methoxy groups -OCH3 is 1. The molecule has 1 heterocycles. The normalized spacial score (nSPS) is 12.4. The Morgan fingerprint density at radius 2 is 1.41 bits per heavy atom. The van der Waals surface area contributed by atoms with Gasteiger partial charge in [0.1, 0.15) is 5.75 Å². The topological polar surface area (TPSA) is 55.3 Å². The van der Waals surface area contributed by atoms with Gasteiger partial charge in [0.2, 0.25) is 0 Å². The van der Waals surface area contributed by atoms with Crippen molar-refractivity contribution in [2.75, 3.05) is 18.6 Å². The van der Waals surface area contributed by atoms with Gasteiger partial charge in [0.15, 0.2) is 11.6 Å². The number of hydrogen-bond acceptors (Lipinski definition) is 5. The van der Waals surface area contributed by atoms with Crippen LogP contribution in [0, 0.1) is 0 Å². The van der Waals surface area contributed by atoms with Crippen LogP contribution < -0.4 is 9.64 Å². The molecule has 5 nitrogen and oxygen atoms in total. The van der Waals surface area contributed by atoms with E-state index < -0.39 is 41.2 Å². The number of ether oxygens (including phenoxy) is 1. The van der Waals surface area contributed by atoms with Gasteiger partial charge in [-0.15, -0.1) is 10.2 Å². The van der Waals surface area contributed by atoms with E-state index in [2.05, 4.69) is 10.2 Å². The predicted molar refractivity (Wildman–Crippen MR) is 108 cm³/mol. The first kappa shape index (κ1) is 24.9. The summed E-state index contributed by atoms with van der Waals surface area (Å²) in [5.74, 6) is -7.71. The maximum atomic E-state index is 15.0. The van der Waals surface area contributed by atoms with Crippen LogP contribution in [0.4, 0.5) is 36.6 Å². The van der Waals surface area contributed by atoms with Crippen LogP contribution in [0.2, 0.25) is 0 Å². The molecule has 34 heavy (non-hydrogen) atoms. The SMILES string of the molecule is COc1ccc(-c2ccc(N(CC(=O)c3ccccc3)C(F)(C(F)(F)F)C(F)(F)F)nn2)cc1. The fourth-order valence-corrected chi connectivity index (χ4v) is 3.06. The molecule has 0 bridgehead atoms. The summed E-state index contributed by atoms with van der Waals surface area (Å²) in [4.78, 5) is 11.7. The summed E-state index contributed by atoms with van der Waals surface area (Å²) in [7, 11) is 1.43. The Morgan fingerprint density at radius 1 is 0.824 bits per heavy atom. The molecule has 180 valence electrons. The monoisotopic (exact) mass is 487 g/mol. The Bertz CT molecular complexity index is 1100. The number of anilines is 1. The number of halogens is 7. The summed E-state index contributed by atoms with van der Waals surface area (Å²) < 4.78 is 101. The Hall–Kier alpha value is -3.70. The number of ketones is 1. The molecule has 0 radical (unpaired) electrons. The first-order valence-electron chi connectivity index (χ1n) is 9.55. The highest BCUT2D eigenvalue weighted by Crippen LogP contribution is 2.49. The van der Waals surface area contributed by atoms with Crippen molar-refractivity contribution in [3.63, 3.8) is 0 Å². The van der Waals surface area contributed by atoms with Crippen LogP contribution in [0.5, 0.6) is 5.75 Å². The van der Waals surface area contributed by atoms with Gasteiger partial charge in [0.05, 0.1) is 19.3 Å². The molecule has 0 aliphatic rings. The second-order valence-electron chi connectivity index (χ2n) is 7.00. The molecule has 1 aromatic heterocycles. The molecule has 0 aliphatic heterocycles. The standard InChI is InChI=1S/C22H16F7N3O2/c1-34-16-9-7-14(8-10-16)17-11-12-19(31-30-17)32(13-18(33)15-5-3-2-4-6-15)20(23,21(24,25)26)22(27,28)29/h2-12H,13H2,1H3. The number of carbonyl (C=O) groups is 1. The summed E-state index contributed by atoms with van der Waals surface area (Å²) >= 11 is 0. The number of benzene rings is 2. The van der Waals surface area contributed by atoms with E-state index in [0.717, 1.165) is 12.1 Å². The molecule has 2 aromatic carbocycles. The summed E-state index contributed by atoms with van der Waals surface area (Å²) in [5, 5.41) is 7.03. The lowest BCUT2D eigenvalue weighted by Crippen LogP contribution is -2.66. The molecule has 0 fully saturated rings. The van der Waals surface area contributed by atoms with E-state index in [9.17, 15) is 35.5 Å². The molecule has 0 atom stereocenters. The number of aromatic nitrogens is 2. The third-order valence-corrected chi connectivity index (χ3v) is 4.83. The van der Waals surface area contributed by atoms with Crippen LogP contribution in [0.15, 0.2) is 66.7 Å². The molecule has 0 amide bonds. The Balaban J connectivity index is 2.06. The minimum absolute atomic E-state index is 0.0872. The highest BCUT2D eigenvalue weighted by molar-refractivity contribution is 5.99. The first-order valence-corrected chi connectivity index (χ1v) is 9.55. The molecule has 0 unspecified atom stereocenters. The van der Waals surface area contributed by atoms with Gasteiger partial charge in [-0.2, -0.15) is 30.7 Å². The number of nitrogens with zero attached hydrogens (tertiary/aromatic N) is 3. The third kappa shape index (κ3) is 4.80. The summed E-state index contributed by atoms with van der Waals surface area (Å²) in [6.07, 6.45) is -12.9. The van der Waals surface area contributed by atoms with Crippen molar-refractivity contribution in [3.05, 3.63) is 72.3 Å². The van der Waals surface area contributed by atoms with Crippen LogP contribution in [-0.4, -0.2) is 47.8 Å². The maximum absolute atomic E-state index is 15.0. The van der Waals surface area contributed by atoms with Crippen molar-refractivity contribution < 1.29 is 40.3 Å². The lowest BCUT2D eigenvalue weighted by Gasteiger charge is -2.39. The van der Waals surface area contributed by atoms with Crippen molar-refractivity contribution >= 4 is 11.6 Å². The highest BCUT2D eigenvalue weighted by Gasteiger charge is 2.76. The van der Waals surface area contributed by atoms with Crippen LogP contribution in [-0.2, 0) is 0 Å². The van der Waals surface area contributed by atoms with Crippen LogP contribution in [0.1, 0.15) is 10.4 Å². The van der Waals surface area contributed by atoms with Crippen molar-refractivity contribution in [2.24, 2.45) is 0 Å². The zero-order chi connectivity index (χ0) is 25.1. The zero-order valence-corrected chi connectivity index (χ0v) is 17.4. The molecule has 3 rings (SSSR count). The Kier molecular flexibility index (Phi) is 6.80. The van der Waals surface area contributed by atoms with Gasteiger partial charge in [0, 0.05) is 11.1 Å². The predicted octanol–water partition coefficient (Wildman–Crippen LogP) is 5.63. The minimum atomic E-state index is -6.45. The molecule has 3 aromatic rings. The van der Waals surface area contributed by atoms with Gasteiger partial charge in [-0.05, 0) is 36.4 Å². The largest absolute Gasteiger partial charge is 0.497 e. The van der Waals surface area contributed by atoms with Crippen molar-refractivity contribution in [1.82, 2.24) is 10.2 Å². The number of rotatable bonds is 7. The maximum Gasteiger partial charge on any atom is 0.451 e. The molecule has 12 heteroatoms.